The van der Waals surface area contributed by atoms with Crippen molar-refractivity contribution in [3.8, 4) is 5.75 Å². The van der Waals surface area contributed by atoms with Crippen LogP contribution in [0, 0.1) is 0 Å². The van der Waals surface area contributed by atoms with Crippen LogP contribution < -0.4 is 14.4 Å². The monoisotopic (exact) mass is 563 g/mol. The fourth-order valence-corrected chi connectivity index (χ4v) is 5.49. The zero-order chi connectivity index (χ0) is 27.2. The van der Waals surface area contributed by atoms with E-state index in [1.165, 1.54) is 43.3 Å². The summed E-state index contributed by atoms with van der Waals surface area (Å²) in [7, 11) is -1.40. The Bertz CT molecular complexity index is 1370. The van der Waals surface area contributed by atoms with Gasteiger partial charge in [0.15, 0.2) is 0 Å². The van der Waals surface area contributed by atoms with Crippen molar-refractivity contribution in [3.63, 3.8) is 0 Å². The number of hydrogen-bond donors (Lipinski definition) is 1. The Morgan fingerprint density at radius 3 is 2.27 bits per heavy atom. The number of methoxy groups -OCH3 is 1. The van der Waals surface area contributed by atoms with Gasteiger partial charge in [0, 0.05) is 23.6 Å². The average molecular weight is 564 g/mol. The van der Waals surface area contributed by atoms with E-state index in [1.54, 1.807) is 55.5 Å². The Hall–Kier alpha value is -3.27. The highest BCUT2D eigenvalue weighted by Crippen LogP contribution is 2.35. The van der Waals surface area contributed by atoms with Crippen LogP contribution in [-0.4, -0.2) is 51.9 Å². The molecule has 8 nitrogen and oxygen atoms in total. The number of benzene rings is 3. The van der Waals surface area contributed by atoms with Gasteiger partial charge in [-0.15, -0.1) is 0 Å². The second-order valence-corrected chi connectivity index (χ2v) is 10.8. The first-order valence-electron chi connectivity index (χ1n) is 11.3. The van der Waals surface area contributed by atoms with Crippen molar-refractivity contribution >= 4 is 50.7 Å². The molecule has 196 valence electrons. The summed E-state index contributed by atoms with van der Waals surface area (Å²) < 4.78 is 33.9. The molecule has 1 unspecified atom stereocenters. The SMILES string of the molecule is CNC(=O)C(C)N(Cc1ccccc1Cl)C(=O)CN(c1cc(Cl)ccc1OC)S(=O)(=O)c1ccccc1. The summed E-state index contributed by atoms with van der Waals surface area (Å²) in [6.45, 7) is 0.919. The Morgan fingerprint density at radius 1 is 1.00 bits per heavy atom. The molecule has 3 aromatic rings. The van der Waals surface area contributed by atoms with Gasteiger partial charge in [0.2, 0.25) is 11.8 Å². The third-order valence-corrected chi connectivity index (χ3v) is 8.11. The van der Waals surface area contributed by atoms with Crippen LogP contribution in [0.5, 0.6) is 5.75 Å². The predicted octanol–water partition coefficient (Wildman–Crippen LogP) is 4.36. The summed E-state index contributed by atoms with van der Waals surface area (Å²) in [5.41, 5.74) is 0.684. The molecule has 37 heavy (non-hydrogen) atoms. The van der Waals surface area contributed by atoms with Gasteiger partial charge >= 0.3 is 0 Å². The first-order valence-corrected chi connectivity index (χ1v) is 13.5. The molecular weight excluding hydrogens is 537 g/mol. The van der Waals surface area contributed by atoms with Crippen LogP contribution in [0.3, 0.4) is 0 Å². The predicted molar refractivity (Wildman–Crippen MR) is 145 cm³/mol. The highest BCUT2D eigenvalue weighted by atomic mass is 35.5. The first kappa shape index (κ1) is 28.3. The van der Waals surface area contributed by atoms with Gasteiger partial charge in [0.25, 0.3) is 10.0 Å². The molecule has 0 saturated carbocycles. The number of carbonyl (C=O) groups is 2. The topological polar surface area (TPSA) is 96.0 Å². The molecule has 1 N–H and O–H groups in total. The van der Waals surface area contributed by atoms with Crippen LogP contribution in [0.1, 0.15) is 12.5 Å². The normalized spacial score (nSPS) is 11.9. The summed E-state index contributed by atoms with van der Waals surface area (Å²) in [4.78, 5) is 27.6. The van der Waals surface area contributed by atoms with Crippen LogP contribution in [0.4, 0.5) is 5.69 Å². The summed E-state index contributed by atoms with van der Waals surface area (Å²) in [5, 5.41) is 3.20. The minimum absolute atomic E-state index is 0.0149. The van der Waals surface area contributed by atoms with Crippen molar-refractivity contribution in [3.05, 3.63) is 88.4 Å². The number of halogens is 2. The standard InChI is InChI=1S/C26H27Cl2N3O5S/c1-18(26(33)29-2)30(16-19-9-7-8-12-22(19)28)25(32)17-31(23-15-20(27)13-14-24(23)36-3)37(34,35)21-10-5-4-6-11-21/h4-15,18H,16-17H2,1-3H3,(H,29,33). The van der Waals surface area contributed by atoms with Crippen molar-refractivity contribution < 1.29 is 22.7 Å². The number of ether oxygens (including phenoxy) is 1. The number of nitrogens with zero attached hydrogens (tertiary/aromatic N) is 2. The molecule has 0 spiro atoms. The summed E-state index contributed by atoms with van der Waals surface area (Å²) in [5.74, 6) is -0.843. The van der Waals surface area contributed by atoms with E-state index in [2.05, 4.69) is 5.32 Å². The number of amides is 2. The van der Waals surface area contributed by atoms with Gasteiger partial charge in [-0.25, -0.2) is 8.42 Å². The Balaban J connectivity index is 2.11. The average Bonchev–Trinajstić information content (AvgIpc) is 2.90. The molecule has 0 aliphatic heterocycles. The fraction of sp³-hybridized carbons (Fsp3) is 0.231. The highest BCUT2D eigenvalue weighted by Gasteiger charge is 2.33. The minimum atomic E-state index is -4.24. The summed E-state index contributed by atoms with van der Waals surface area (Å²) in [6.07, 6.45) is 0. The number of hydrogen-bond acceptors (Lipinski definition) is 5. The lowest BCUT2D eigenvalue weighted by atomic mass is 10.1. The van der Waals surface area contributed by atoms with Crippen molar-refractivity contribution in [1.29, 1.82) is 0 Å². The second-order valence-electron chi connectivity index (χ2n) is 8.04. The van der Waals surface area contributed by atoms with Crippen LogP contribution in [0.2, 0.25) is 10.0 Å². The van der Waals surface area contributed by atoms with Gasteiger partial charge in [-0.2, -0.15) is 0 Å². The maximum Gasteiger partial charge on any atom is 0.264 e. The van der Waals surface area contributed by atoms with E-state index < -0.39 is 34.4 Å². The molecule has 0 aliphatic rings. The molecule has 3 rings (SSSR count). The van der Waals surface area contributed by atoms with Crippen molar-refractivity contribution in [1.82, 2.24) is 10.2 Å². The lowest BCUT2D eigenvalue weighted by Crippen LogP contribution is -2.50. The molecule has 0 fully saturated rings. The van der Waals surface area contributed by atoms with Crippen molar-refractivity contribution in [2.45, 2.75) is 24.4 Å². The third-order valence-electron chi connectivity index (χ3n) is 5.73. The number of rotatable bonds is 10. The van der Waals surface area contributed by atoms with Crippen molar-refractivity contribution in [2.24, 2.45) is 0 Å². The Kier molecular flexibility index (Phi) is 9.42. The van der Waals surface area contributed by atoms with E-state index in [4.69, 9.17) is 27.9 Å². The lowest BCUT2D eigenvalue weighted by Gasteiger charge is -2.32. The largest absolute Gasteiger partial charge is 0.495 e. The van der Waals surface area contributed by atoms with E-state index in [9.17, 15) is 18.0 Å². The zero-order valence-corrected chi connectivity index (χ0v) is 22.8. The van der Waals surface area contributed by atoms with Gasteiger partial charge in [0.05, 0.1) is 17.7 Å². The molecule has 11 heteroatoms. The fourth-order valence-electron chi connectivity index (χ4n) is 3.69. The van der Waals surface area contributed by atoms with Crippen LogP contribution >= 0.6 is 23.2 Å². The highest BCUT2D eigenvalue weighted by molar-refractivity contribution is 7.92. The van der Waals surface area contributed by atoms with E-state index in [1.807, 2.05) is 0 Å². The molecule has 0 bridgehead atoms. The summed E-state index contributed by atoms with van der Waals surface area (Å²) >= 11 is 12.5. The van der Waals surface area contributed by atoms with E-state index in [0.29, 0.717) is 10.6 Å². The number of carbonyl (C=O) groups excluding carboxylic acids is 2. The van der Waals surface area contributed by atoms with Gasteiger partial charge < -0.3 is 15.0 Å². The maximum absolute atomic E-state index is 13.8. The van der Waals surface area contributed by atoms with Crippen molar-refractivity contribution in [2.75, 3.05) is 25.0 Å². The lowest BCUT2D eigenvalue weighted by molar-refractivity contribution is -0.139. The number of sulfonamides is 1. The zero-order valence-electron chi connectivity index (χ0n) is 20.5. The molecule has 2 amide bonds. The van der Waals surface area contributed by atoms with E-state index in [0.717, 1.165) is 4.31 Å². The number of anilines is 1. The quantitative estimate of drug-likeness (QED) is 0.395. The molecule has 0 radical (unpaired) electrons. The molecule has 0 aliphatic carbocycles. The van der Waals surface area contributed by atoms with E-state index in [-0.39, 0.29) is 27.9 Å². The molecule has 0 aromatic heterocycles. The number of likely N-dealkylation sites (N-methyl/N-ethyl adjacent to an activating group) is 1. The van der Waals surface area contributed by atoms with Gasteiger partial charge in [-0.1, -0.05) is 59.6 Å². The molecule has 1 atom stereocenters. The van der Waals surface area contributed by atoms with E-state index >= 15 is 0 Å². The van der Waals surface area contributed by atoms with Crippen LogP contribution in [0.15, 0.2) is 77.7 Å². The number of nitrogens with one attached hydrogen (secondary N) is 1. The Labute approximate surface area is 226 Å². The van der Waals surface area contributed by atoms with Gasteiger partial charge in [-0.05, 0) is 48.9 Å². The van der Waals surface area contributed by atoms with Crippen LogP contribution in [0.25, 0.3) is 0 Å². The van der Waals surface area contributed by atoms with Crippen LogP contribution in [-0.2, 0) is 26.2 Å². The molecule has 0 saturated heterocycles. The molecular formula is C26H27Cl2N3O5S. The maximum atomic E-state index is 13.8. The van der Waals surface area contributed by atoms with Gasteiger partial charge in [0.1, 0.15) is 18.3 Å². The molecule has 0 heterocycles. The third kappa shape index (κ3) is 6.54. The Morgan fingerprint density at radius 2 is 1.65 bits per heavy atom. The smallest absolute Gasteiger partial charge is 0.264 e. The summed E-state index contributed by atoms with van der Waals surface area (Å²) in [6, 6.07) is 18.2. The van der Waals surface area contributed by atoms with Gasteiger partial charge in [-0.3, -0.25) is 13.9 Å². The second kappa shape index (κ2) is 12.3. The molecule has 3 aromatic carbocycles. The minimum Gasteiger partial charge on any atom is -0.495 e. The first-order chi connectivity index (χ1) is 17.6.